The van der Waals surface area contributed by atoms with Gasteiger partial charge in [0.1, 0.15) is 0 Å². The lowest BCUT2D eigenvalue weighted by Crippen LogP contribution is -2.41. The predicted molar refractivity (Wildman–Crippen MR) is 77.6 cm³/mol. The average molecular weight is 260 g/mol. The minimum absolute atomic E-state index is 0.185. The maximum atomic E-state index is 12.7. The second-order valence-corrected chi connectivity index (χ2v) is 6.12. The molecule has 104 valence electrons. The maximum Gasteiger partial charge on any atom is 0.229 e. The van der Waals surface area contributed by atoms with Crippen molar-refractivity contribution < 1.29 is 4.79 Å². The number of benzene rings is 1. The van der Waals surface area contributed by atoms with Gasteiger partial charge in [-0.2, -0.15) is 0 Å². The van der Waals surface area contributed by atoms with Gasteiger partial charge in [0.2, 0.25) is 5.91 Å². The number of carbonyl (C=O) groups is 1. The smallest absolute Gasteiger partial charge is 0.229 e. The van der Waals surface area contributed by atoms with E-state index in [-0.39, 0.29) is 17.4 Å². The van der Waals surface area contributed by atoms with E-state index in [4.69, 9.17) is 0 Å². The highest BCUT2D eigenvalue weighted by Crippen LogP contribution is 2.33. The Morgan fingerprint density at radius 1 is 1.32 bits per heavy atom. The van der Waals surface area contributed by atoms with Gasteiger partial charge >= 0.3 is 0 Å². The number of hydrogen-bond donors (Lipinski definition) is 0. The van der Waals surface area contributed by atoms with E-state index >= 15 is 0 Å². The molecule has 0 unspecified atom stereocenters. The molecule has 0 saturated carbocycles. The molecule has 3 nitrogen and oxygen atoms in total. The van der Waals surface area contributed by atoms with Crippen LogP contribution in [0.1, 0.15) is 38.8 Å². The third-order valence-electron chi connectivity index (χ3n) is 4.16. The van der Waals surface area contributed by atoms with Crippen molar-refractivity contribution in [2.24, 2.45) is 5.41 Å². The van der Waals surface area contributed by atoms with Crippen molar-refractivity contribution in [2.45, 2.75) is 33.2 Å². The van der Waals surface area contributed by atoms with Crippen molar-refractivity contribution in [3.05, 3.63) is 35.9 Å². The van der Waals surface area contributed by atoms with E-state index in [1.807, 2.05) is 36.9 Å². The third-order valence-corrected chi connectivity index (χ3v) is 4.16. The highest BCUT2D eigenvalue weighted by atomic mass is 16.2. The van der Waals surface area contributed by atoms with Crippen molar-refractivity contribution in [3.8, 4) is 0 Å². The first-order valence-corrected chi connectivity index (χ1v) is 7.00. The van der Waals surface area contributed by atoms with Crippen molar-refractivity contribution in [1.82, 2.24) is 9.80 Å². The molecule has 1 heterocycles. The minimum atomic E-state index is -0.280. The summed E-state index contributed by atoms with van der Waals surface area (Å²) >= 11 is 0. The molecule has 0 aliphatic carbocycles. The molecule has 1 aliphatic rings. The van der Waals surface area contributed by atoms with Crippen LogP contribution >= 0.6 is 0 Å². The molecule has 1 aromatic carbocycles. The fourth-order valence-electron chi connectivity index (χ4n) is 2.52. The molecule has 0 aromatic heterocycles. The van der Waals surface area contributed by atoms with Crippen LogP contribution in [0.2, 0.25) is 0 Å². The number of nitrogens with zero attached hydrogens (tertiary/aromatic N) is 2. The topological polar surface area (TPSA) is 23.6 Å². The molecule has 1 fully saturated rings. The average Bonchev–Trinajstić information content (AvgIpc) is 2.80. The first kappa shape index (κ1) is 14.1. The van der Waals surface area contributed by atoms with Crippen LogP contribution in [0.3, 0.4) is 0 Å². The van der Waals surface area contributed by atoms with Gasteiger partial charge in [-0.3, -0.25) is 9.69 Å². The standard InChI is InChI=1S/C16H24N2O/c1-5-16(2,3)15(19)18-12-17(4)11-14(18)13-9-7-6-8-10-13/h6-10,14H,5,11-12H2,1-4H3/t14-/m0/s1. The summed E-state index contributed by atoms with van der Waals surface area (Å²) in [6.45, 7) is 7.79. The molecule has 0 N–H and O–H groups in total. The first-order valence-electron chi connectivity index (χ1n) is 7.00. The second-order valence-electron chi connectivity index (χ2n) is 6.12. The Hall–Kier alpha value is -1.35. The Morgan fingerprint density at radius 3 is 2.53 bits per heavy atom. The van der Waals surface area contributed by atoms with Crippen molar-refractivity contribution in [3.63, 3.8) is 0 Å². The van der Waals surface area contributed by atoms with E-state index in [0.717, 1.165) is 19.6 Å². The van der Waals surface area contributed by atoms with Crippen LogP contribution in [-0.2, 0) is 4.79 Å². The van der Waals surface area contributed by atoms with E-state index in [9.17, 15) is 4.79 Å². The highest BCUT2D eigenvalue weighted by molar-refractivity contribution is 5.82. The van der Waals surface area contributed by atoms with Crippen molar-refractivity contribution in [1.29, 1.82) is 0 Å². The van der Waals surface area contributed by atoms with Crippen LogP contribution in [0, 0.1) is 5.41 Å². The first-order chi connectivity index (χ1) is 8.95. The quantitative estimate of drug-likeness (QED) is 0.834. The molecule has 1 aromatic rings. The number of carbonyl (C=O) groups excluding carboxylic acids is 1. The molecule has 1 amide bonds. The van der Waals surface area contributed by atoms with Gasteiger partial charge in [0.05, 0.1) is 12.7 Å². The summed E-state index contributed by atoms with van der Waals surface area (Å²) in [6, 6.07) is 10.5. The monoisotopic (exact) mass is 260 g/mol. The summed E-state index contributed by atoms with van der Waals surface area (Å²) < 4.78 is 0. The highest BCUT2D eigenvalue weighted by Gasteiger charge is 2.39. The van der Waals surface area contributed by atoms with Crippen LogP contribution < -0.4 is 0 Å². The lowest BCUT2D eigenvalue weighted by molar-refractivity contribution is -0.142. The lowest BCUT2D eigenvalue weighted by atomic mass is 9.88. The Morgan fingerprint density at radius 2 is 1.95 bits per heavy atom. The zero-order valence-electron chi connectivity index (χ0n) is 12.4. The zero-order chi connectivity index (χ0) is 14.0. The number of rotatable bonds is 3. The molecule has 0 spiro atoms. The normalized spacial score (nSPS) is 20.8. The molecule has 0 radical (unpaired) electrons. The van der Waals surface area contributed by atoms with Gasteiger partial charge < -0.3 is 4.90 Å². The molecule has 2 rings (SSSR count). The largest absolute Gasteiger partial charge is 0.321 e. The van der Waals surface area contributed by atoms with Gasteiger partial charge in [0.15, 0.2) is 0 Å². The molecule has 3 heteroatoms. The fourth-order valence-corrected chi connectivity index (χ4v) is 2.52. The maximum absolute atomic E-state index is 12.7. The van der Waals surface area contributed by atoms with Crippen LogP contribution in [0.15, 0.2) is 30.3 Å². The minimum Gasteiger partial charge on any atom is -0.321 e. The summed E-state index contributed by atoms with van der Waals surface area (Å²) in [7, 11) is 2.07. The lowest BCUT2D eigenvalue weighted by Gasteiger charge is -2.32. The number of amides is 1. The van der Waals surface area contributed by atoms with Gasteiger partial charge in [-0.05, 0) is 19.0 Å². The van der Waals surface area contributed by atoms with Crippen LogP contribution in [0.5, 0.6) is 0 Å². The van der Waals surface area contributed by atoms with E-state index in [1.165, 1.54) is 5.56 Å². The molecule has 1 atom stereocenters. The van der Waals surface area contributed by atoms with Gasteiger partial charge in [0, 0.05) is 12.0 Å². The van der Waals surface area contributed by atoms with Crippen LogP contribution in [-0.4, -0.2) is 36.0 Å². The van der Waals surface area contributed by atoms with Gasteiger partial charge in [-0.25, -0.2) is 0 Å². The van der Waals surface area contributed by atoms with E-state index in [2.05, 4.69) is 31.0 Å². The van der Waals surface area contributed by atoms with Gasteiger partial charge in [-0.15, -0.1) is 0 Å². The van der Waals surface area contributed by atoms with E-state index < -0.39 is 0 Å². The Bertz CT molecular complexity index is 441. The van der Waals surface area contributed by atoms with Gasteiger partial charge in [-0.1, -0.05) is 51.1 Å². The van der Waals surface area contributed by atoms with Crippen LogP contribution in [0.4, 0.5) is 0 Å². The molecular formula is C16H24N2O. The molecule has 1 aliphatic heterocycles. The summed E-state index contributed by atoms with van der Waals surface area (Å²) in [5, 5.41) is 0. The van der Waals surface area contributed by atoms with E-state index in [1.54, 1.807) is 0 Å². The summed E-state index contributed by atoms with van der Waals surface area (Å²) in [6.07, 6.45) is 0.869. The summed E-state index contributed by atoms with van der Waals surface area (Å²) in [5.74, 6) is 0.258. The second kappa shape index (κ2) is 5.33. The van der Waals surface area contributed by atoms with Crippen LogP contribution in [0.25, 0.3) is 0 Å². The Labute approximate surface area is 116 Å². The fraction of sp³-hybridized carbons (Fsp3) is 0.562. The summed E-state index contributed by atoms with van der Waals surface area (Å²) in [4.78, 5) is 17.0. The molecule has 0 bridgehead atoms. The Balaban J connectivity index is 2.26. The zero-order valence-corrected chi connectivity index (χ0v) is 12.4. The number of likely N-dealkylation sites (N-methyl/N-ethyl adjacent to an activating group) is 1. The molecular weight excluding hydrogens is 236 g/mol. The molecule has 1 saturated heterocycles. The predicted octanol–water partition coefficient (Wildman–Crippen LogP) is 2.90. The van der Waals surface area contributed by atoms with Gasteiger partial charge in [0.25, 0.3) is 0 Å². The van der Waals surface area contributed by atoms with E-state index in [0.29, 0.717) is 0 Å². The Kier molecular flexibility index (Phi) is 3.95. The SMILES string of the molecule is CCC(C)(C)C(=O)N1CN(C)C[C@H]1c1ccccc1. The third kappa shape index (κ3) is 2.81. The van der Waals surface area contributed by atoms with Crippen molar-refractivity contribution in [2.75, 3.05) is 20.3 Å². The molecule has 19 heavy (non-hydrogen) atoms. The van der Waals surface area contributed by atoms with Crippen molar-refractivity contribution >= 4 is 5.91 Å². The summed E-state index contributed by atoms with van der Waals surface area (Å²) in [5.41, 5.74) is 0.949. The number of hydrogen-bond acceptors (Lipinski definition) is 2.